The Bertz CT molecular complexity index is 1310. The van der Waals surface area contributed by atoms with Crippen molar-refractivity contribution in [3.05, 3.63) is 71.3 Å². The van der Waals surface area contributed by atoms with Gasteiger partial charge in [0.25, 0.3) is 0 Å². The van der Waals surface area contributed by atoms with Gasteiger partial charge in [-0.25, -0.2) is 0 Å². The van der Waals surface area contributed by atoms with E-state index >= 15 is 0 Å². The fraction of sp³-hybridized carbons (Fsp3) is 0.486. The van der Waals surface area contributed by atoms with Crippen LogP contribution in [-0.4, -0.2) is 73.6 Å². The zero-order valence-corrected chi connectivity index (χ0v) is 26.7. The maximum Gasteiger partial charge on any atom is 0.161 e. The maximum absolute atomic E-state index is 6.09. The van der Waals surface area contributed by atoms with Crippen molar-refractivity contribution in [3.8, 4) is 34.5 Å². The molecular formula is C35H47NO8. The summed E-state index contributed by atoms with van der Waals surface area (Å²) in [5, 5.41) is 3.51. The van der Waals surface area contributed by atoms with E-state index in [1.807, 2.05) is 42.5 Å². The lowest BCUT2D eigenvalue weighted by Gasteiger charge is -2.21. The van der Waals surface area contributed by atoms with Crippen LogP contribution in [0.25, 0.3) is 0 Å². The molecule has 1 N–H and O–H groups in total. The van der Waals surface area contributed by atoms with E-state index in [1.165, 1.54) is 11.1 Å². The topological polar surface area (TPSA) is 85.9 Å². The van der Waals surface area contributed by atoms with Crippen molar-refractivity contribution in [2.75, 3.05) is 73.6 Å². The van der Waals surface area contributed by atoms with Crippen LogP contribution in [0.1, 0.15) is 37.5 Å². The largest absolute Gasteiger partial charge is 0.493 e. The van der Waals surface area contributed by atoms with Crippen molar-refractivity contribution in [2.24, 2.45) is 0 Å². The minimum Gasteiger partial charge on any atom is -0.493 e. The summed E-state index contributed by atoms with van der Waals surface area (Å²) in [6.07, 6.45) is 0.862. The van der Waals surface area contributed by atoms with Crippen molar-refractivity contribution in [2.45, 2.75) is 39.2 Å². The maximum atomic E-state index is 6.09. The molecular weight excluding hydrogens is 562 g/mol. The highest BCUT2D eigenvalue weighted by Gasteiger charge is 2.17. The Labute approximate surface area is 261 Å². The van der Waals surface area contributed by atoms with Gasteiger partial charge in [0, 0.05) is 6.54 Å². The van der Waals surface area contributed by atoms with Gasteiger partial charge in [0.15, 0.2) is 34.5 Å². The van der Waals surface area contributed by atoms with Crippen LogP contribution >= 0.6 is 0 Å². The fourth-order valence-corrected chi connectivity index (χ4v) is 4.65. The molecule has 3 aromatic rings. The molecule has 9 heteroatoms. The lowest BCUT2D eigenvalue weighted by Crippen LogP contribution is -2.17. The average Bonchev–Trinajstić information content (AvgIpc) is 3.02. The number of nitrogens with one attached hydrogen (secondary N) is 1. The predicted molar refractivity (Wildman–Crippen MR) is 170 cm³/mol. The highest BCUT2D eigenvalue weighted by atomic mass is 16.6. The van der Waals surface area contributed by atoms with Gasteiger partial charge in [-0.3, -0.25) is 0 Å². The molecule has 0 radical (unpaired) electrons. The Morgan fingerprint density at radius 1 is 0.591 bits per heavy atom. The number of hydrogen-bond acceptors (Lipinski definition) is 9. The molecule has 0 atom stereocenters. The second-order valence-corrected chi connectivity index (χ2v) is 11.4. The van der Waals surface area contributed by atoms with Crippen LogP contribution in [-0.2, 0) is 27.9 Å². The van der Waals surface area contributed by atoms with Gasteiger partial charge >= 0.3 is 0 Å². The van der Waals surface area contributed by atoms with Crippen LogP contribution in [0.4, 0.5) is 0 Å². The molecule has 0 aromatic heterocycles. The molecule has 0 bridgehead atoms. The van der Waals surface area contributed by atoms with E-state index in [9.17, 15) is 0 Å². The first-order chi connectivity index (χ1) is 21.4. The van der Waals surface area contributed by atoms with Crippen molar-refractivity contribution >= 4 is 0 Å². The first-order valence-corrected chi connectivity index (χ1v) is 15.2. The van der Waals surface area contributed by atoms with Crippen LogP contribution < -0.4 is 33.7 Å². The monoisotopic (exact) mass is 609 g/mol. The molecule has 9 nitrogen and oxygen atoms in total. The predicted octanol–water partition coefficient (Wildman–Crippen LogP) is 5.60. The first kappa shape index (κ1) is 33.2. The summed E-state index contributed by atoms with van der Waals surface area (Å²) in [7, 11) is 3.29. The van der Waals surface area contributed by atoms with Gasteiger partial charge in [-0.05, 0) is 71.5 Å². The highest BCUT2D eigenvalue weighted by Crippen LogP contribution is 2.34. The Balaban J connectivity index is 1.30. The van der Waals surface area contributed by atoms with Gasteiger partial charge in [0.2, 0.25) is 0 Å². The Kier molecular flexibility index (Phi) is 12.8. The van der Waals surface area contributed by atoms with E-state index in [2.05, 4.69) is 38.2 Å². The molecule has 1 aliphatic rings. The van der Waals surface area contributed by atoms with E-state index in [-0.39, 0.29) is 5.41 Å². The van der Waals surface area contributed by atoms with E-state index in [0.29, 0.717) is 82.4 Å². The number of rotatable bonds is 7. The van der Waals surface area contributed by atoms with Crippen LogP contribution in [0.3, 0.4) is 0 Å². The highest BCUT2D eigenvalue weighted by molar-refractivity contribution is 5.45. The smallest absolute Gasteiger partial charge is 0.161 e. The third-order valence-corrected chi connectivity index (χ3v) is 7.13. The van der Waals surface area contributed by atoms with E-state index in [4.69, 9.17) is 37.9 Å². The van der Waals surface area contributed by atoms with Gasteiger partial charge in [0.05, 0.1) is 40.6 Å². The number of hydrogen-bond donors (Lipinski definition) is 1. The second-order valence-electron chi connectivity index (χ2n) is 11.4. The molecule has 44 heavy (non-hydrogen) atoms. The third kappa shape index (κ3) is 10.2. The normalized spacial score (nSPS) is 15.1. The molecule has 0 amide bonds. The van der Waals surface area contributed by atoms with Crippen LogP contribution in [0.2, 0.25) is 0 Å². The van der Waals surface area contributed by atoms with Crippen molar-refractivity contribution in [1.29, 1.82) is 0 Å². The summed E-state index contributed by atoms with van der Waals surface area (Å²) in [5.74, 6) is 4.22. The van der Waals surface area contributed by atoms with Gasteiger partial charge in [0.1, 0.15) is 26.4 Å². The van der Waals surface area contributed by atoms with Crippen molar-refractivity contribution in [1.82, 2.24) is 5.32 Å². The minimum atomic E-state index is 0.00185. The van der Waals surface area contributed by atoms with E-state index in [1.54, 1.807) is 14.2 Å². The molecule has 240 valence electrons. The molecule has 0 unspecified atom stereocenters. The third-order valence-electron chi connectivity index (χ3n) is 7.13. The summed E-state index contributed by atoms with van der Waals surface area (Å²) < 4.78 is 46.5. The fourth-order valence-electron chi connectivity index (χ4n) is 4.65. The SMILES string of the molecule is COc1ccc(CCNCc2ccc3c(c2)OCCOCCOc2ccc(C(C)(C)C)cc2OCCOCCO3)cc1OC. The molecule has 4 rings (SSSR count). The van der Waals surface area contributed by atoms with Gasteiger partial charge < -0.3 is 43.2 Å². The molecule has 0 spiro atoms. The van der Waals surface area contributed by atoms with E-state index < -0.39 is 0 Å². The zero-order valence-electron chi connectivity index (χ0n) is 26.7. The number of methoxy groups -OCH3 is 2. The summed E-state index contributed by atoms with van der Waals surface area (Å²) in [6.45, 7) is 11.3. The lowest BCUT2D eigenvalue weighted by atomic mass is 9.87. The molecule has 3 aromatic carbocycles. The first-order valence-electron chi connectivity index (χ1n) is 15.2. The van der Waals surface area contributed by atoms with Crippen molar-refractivity contribution < 1.29 is 37.9 Å². The minimum absolute atomic E-state index is 0.00185. The molecule has 0 aliphatic carbocycles. The van der Waals surface area contributed by atoms with E-state index in [0.717, 1.165) is 30.0 Å². The summed E-state index contributed by atoms with van der Waals surface area (Å²) in [5.41, 5.74) is 3.45. The average molecular weight is 610 g/mol. The van der Waals surface area contributed by atoms with Gasteiger partial charge in [-0.2, -0.15) is 0 Å². The second kappa shape index (κ2) is 17.0. The quantitative estimate of drug-likeness (QED) is 0.344. The van der Waals surface area contributed by atoms with Crippen LogP contribution in [0.15, 0.2) is 54.6 Å². The van der Waals surface area contributed by atoms with Crippen molar-refractivity contribution in [3.63, 3.8) is 0 Å². The summed E-state index contributed by atoms with van der Waals surface area (Å²) >= 11 is 0. The molecule has 1 aliphatic heterocycles. The Morgan fingerprint density at radius 3 is 1.73 bits per heavy atom. The molecule has 0 saturated heterocycles. The Hall–Kier alpha value is -3.66. The van der Waals surface area contributed by atoms with Crippen LogP contribution in [0.5, 0.6) is 34.5 Å². The number of benzene rings is 3. The Morgan fingerprint density at radius 2 is 1.14 bits per heavy atom. The lowest BCUT2D eigenvalue weighted by molar-refractivity contribution is 0.0639. The van der Waals surface area contributed by atoms with Gasteiger partial charge in [-0.15, -0.1) is 0 Å². The molecule has 0 fully saturated rings. The number of fused-ring (bicyclic) bond motifs is 2. The van der Waals surface area contributed by atoms with Crippen LogP contribution in [0, 0.1) is 0 Å². The standard InChI is InChI=1S/C35H47NO8/c1-35(2,3)28-8-11-31-34(24-28)44-21-17-40-14-18-41-30-10-7-27(23-33(30)43-20-16-39-15-19-42-31)25-36-13-12-26-6-9-29(37-4)32(22-26)38-5/h6-11,22-24,36H,12-21,25H2,1-5H3. The summed E-state index contributed by atoms with van der Waals surface area (Å²) in [6, 6.07) is 18.1. The van der Waals surface area contributed by atoms with Gasteiger partial charge in [-0.1, -0.05) is 39.0 Å². The molecule has 1 heterocycles. The zero-order chi connectivity index (χ0) is 31.2. The molecule has 0 saturated carbocycles. The number of ether oxygens (including phenoxy) is 8. The summed E-state index contributed by atoms with van der Waals surface area (Å²) in [4.78, 5) is 0.